The smallest absolute Gasteiger partial charge is 0.237 e. The monoisotopic (exact) mass is 268 g/mol. The molecular formula is C12H20N4OS. The molecule has 1 amide bonds. The van der Waals surface area contributed by atoms with Gasteiger partial charge in [0.05, 0.1) is 21.8 Å². The third kappa shape index (κ3) is 2.69. The number of nitrogens with zero attached hydrogens (tertiary/aromatic N) is 2. The van der Waals surface area contributed by atoms with Gasteiger partial charge in [-0.1, -0.05) is 26.1 Å². The summed E-state index contributed by atoms with van der Waals surface area (Å²) in [5.41, 5.74) is 6.42. The van der Waals surface area contributed by atoms with Crippen LogP contribution >= 0.6 is 12.2 Å². The van der Waals surface area contributed by atoms with Crippen LogP contribution in [0.2, 0.25) is 0 Å². The van der Waals surface area contributed by atoms with Crippen LogP contribution in [-0.2, 0) is 18.3 Å². The molecule has 0 radical (unpaired) electrons. The number of thiocarbonyl (C=S) groups is 1. The van der Waals surface area contributed by atoms with Crippen LogP contribution in [0, 0.1) is 5.41 Å². The first-order chi connectivity index (χ1) is 8.35. The van der Waals surface area contributed by atoms with Crippen LogP contribution < -0.4 is 11.1 Å². The third-order valence-corrected chi connectivity index (χ3v) is 3.69. The number of hydrogen-bond acceptors (Lipinski definition) is 3. The Labute approximate surface area is 113 Å². The fourth-order valence-corrected chi connectivity index (χ4v) is 1.84. The molecule has 0 aliphatic carbocycles. The molecule has 1 rings (SSSR count). The van der Waals surface area contributed by atoms with Crippen molar-refractivity contribution in [1.82, 2.24) is 9.78 Å². The van der Waals surface area contributed by atoms with Gasteiger partial charge in [-0.3, -0.25) is 9.48 Å². The van der Waals surface area contributed by atoms with Gasteiger partial charge in [0.1, 0.15) is 0 Å². The normalized spacial score (nSPS) is 14.0. The number of anilines is 1. The average Bonchev–Trinajstić information content (AvgIpc) is 2.67. The van der Waals surface area contributed by atoms with E-state index in [0.717, 1.165) is 17.8 Å². The Bertz CT molecular complexity index is 469. The molecule has 0 fully saturated rings. The number of carbonyl (C=O) groups is 1. The summed E-state index contributed by atoms with van der Waals surface area (Å²) in [5.74, 6) is -0.180. The Kier molecular flexibility index (Phi) is 4.45. The Morgan fingerprint density at radius 1 is 1.61 bits per heavy atom. The fourth-order valence-electron chi connectivity index (χ4n) is 1.61. The van der Waals surface area contributed by atoms with Gasteiger partial charge in [0.2, 0.25) is 5.91 Å². The van der Waals surface area contributed by atoms with Gasteiger partial charge >= 0.3 is 0 Å². The predicted molar refractivity (Wildman–Crippen MR) is 76.4 cm³/mol. The molecule has 5 nitrogen and oxygen atoms in total. The van der Waals surface area contributed by atoms with Crippen molar-refractivity contribution >= 4 is 28.8 Å². The first-order valence-corrected chi connectivity index (χ1v) is 6.39. The molecule has 1 heterocycles. The maximum atomic E-state index is 12.3. The highest BCUT2D eigenvalue weighted by atomic mass is 32.1. The van der Waals surface area contributed by atoms with E-state index in [-0.39, 0.29) is 10.9 Å². The summed E-state index contributed by atoms with van der Waals surface area (Å²) < 4.78 is 1.68. The molecule has 100 valence electrons. The van der Waals surface area contributed by atoms with E-state index < -0.39 is 5.41 Å². The Morgan fingerprint density at radius 3 is 2.67 bits per heavy atom. The number of rotatable bonds is 5. The van der Waals surface area contributed by atoms with E-state index in [1.807, 2.05) is 20.9 Å². The van der Waals surface area contributed by atoms with E-state index >= 15 is 0 Å². The first-order valence-electron chi connectivity index (χ1n) is 5.99. The van der Waals surface area contributed by atoms with Crippen molar-refractivity contribution in [2.45, 2.75) is 33.6 Å². The standard InChI is InChI=1S/C12H20N4OS/c1-5-8-9(7-16(4)15-8)14-11(17)12(3,6-2)10(13)18/h7H,5-6H2,1-4H3,(H2,13,18)(H,14,17). The average molecular weight is 268 g/mol. The quantitative estimate of drug-likeness (QED) is 0.796. The highest BCUT2D eigenvalue weighted by molar-refractivity contribution is 7.80. The van der Waals surface area contributed by atoms with E-state index in [1.165, 1.54) is 0 Å². The van der Waals surface area contributed by atoms with Crippen molar-refractivity contribution < 1.29 is 4.79 Å². The van der Waals surface area contributed by atoms with Crippen molar-refractivity contribution in [2.24, 2.45) is 18.2 Å². The fraction of sp³-hybridized carbons (Fsp3) is 0.583. The van der Waals surface area contributed by atoms with Gasteiger partial charge in [-0.2, -0.15) is 5.10 Å². The van der Waals surface area contributed by atoms with E-state index in [9.17, 15) is 4.79 Å². The molecule has 0 saturated heterocycles. The van der Waals surface area contributed by atoms with Gasteiger partial charge in [0.15, 0.2) is 0 Å². The van der Waals surface area contributed by atoms with E-state index in [1.54, 1.807) is 17.8 Å². The van der Waals surface area contributed by atoms with E-state index in [4.69, 9.17) is 18.0 Å². The Balaban J connectivity index is 2.96. The van der Waals surface area contributed by atoms with Gasteiger partial charge in [-0.15, -0.1) is 0 Å². The van der Waals surface area contributed by atoms with E-state index in [0.29, 0.717) is 6.42 Å². The van der Waals surface area contributed by atoms with E-state index in [2.05, 4.69) is 10.4 Å². The van der Waals surface area contributed by atoms with Crippen molar-refractivity contribution in [3.8, 4) is 0 Å². The first kappa shape index (κ1) is 14.6. The molecule has 18 heavy (non-hydrogen) atoms. The maximum absolute atomic E-state index is 12.3. The molecule has 1 aromatic rings. The largest absolute Gasteiger partial charge is 0.392 e. The number of carbonyl (C=O) groups excluding carboxylic acids is 1. The van der Waals surface area contributed by atoms with Crippen LogP contribution in [0.5, 0.6) is 0 Å². The zero-order valence-electron chi connectivity index (χ0n) is 11.3. The highest BCUT2D eigenvalue weighted by Gasteiger charge is 2.35. The zero-order valence-corrected chi connectivity index (χ0v) is 12.1. The number of hydrogen-bond donors (Lipinski definition) is 2. The number of nitrogens with one attached hydrogen (secondary N) is 1. The summed E-state index contributed by atoms with van der Waals surface area (Å²) in [5, 5.41) is 7.14. The van der Waals surface area contributed by atoms with Crippen molar-refractivity contribution in [2.75, 3.05) is 5.32 Å². The van der Waals surface area contributed by atoms with Crippen molar-refractivity contribution in [1.29, 1.82) is 0 Å². The minimum atomic E-state index is -0.823. The maximum Gasteiger partial charge on any atom is 0.237 e. The van der Waals surface area contributed by atoms with Gasteiger partial charge < -0.3 is 11.1 Å². The predicted octanol–water partition coefficient (Wildman–Crippen LogP) is 1.62. The second-order valence-corrected chi connectivity index (χ2v) is 4.96. The molecule has 3 N–H and O–H groups in total. The lowest BCUT2D eigenvalue weighted by atomic mass is 9.86. The molecule has 6 heteroatoms. The Hall–Kier alpha value is -1.43. The van der Waals surface area contributed by atoms with Crippen molar-refractivity contribution in [3.05, 3.63) is 11.9 Å². The molecule has 0 aliphatic rings. The molecule has 1 aromatic heterocycles. The number of nitrogens with two attached hydrogens (primary N) is 1. The van der Waals surface area contributed by atoms with Crippen LogP contribution in [0.1, 0.15) is 32.9 Å². The van der Waals surface area contributed by atoms with Gasteiger partial charge in [0, 0.05) is 13.2 Å². The van der Waals surface area contributed by atoms with Crippen LogP contribution in [0.15, 0.2) is 6.20 Å². The number of amides is 1. The summed E-state index contributed by atoms with van der Waals surface area (Å²) in [7, 11) is 1.82. The third-order valence-electron chi connectivity index (χ3n) is 3.24. The van der Waals surface area contributed by atoms with Gasteiger partial charge in [-0.05, 0) is 19.8 Å². The molecule has 0 bridgehead atoms. The minimum absolute atomic E-state index is 0.180. The molecule has 0 aliphatic heterocycles. The lowest BCUT2D eigenvalue weighted by molar-refractivity contribution is -0.121. The number of aryl methyl sites for hydroxylation is 2. The zero-order chi connectivity index (χ0) is 13.9. The summed E-state index contributed by atoms with van der Waals surface area (Å²) in [6, 6.07) is 0. The molecule has 0 spiro atoms. The second kappa shape index (κ2) is 5.48. The van der Waals surface area contributed by atoms with Crippen LogP contribution in [0.25, 0.3) is 0 Å². The highest BCUT2D eigenvalue weighted by Crippen LogP contribution is 2.25. The SMILES string of the molecule is CCc1nn(C)cc1NC(=O)C(C)(CC)C(N)=S. The summed E-state index contributed by atoms with van der Waals surface area (Å²) in [6.45, 7) is 5.64. The van der Waals surface area contributed by atoms with Crippen LogP contribution in [-0.4, -0.2) is 20.7 Å². The van der Waals surface area contributed by atoms with Crippen molar-refractivity contribution in [3.63, 3.8) is 0 Å². The number of aromatic nitrogens is 2. The molecule has 0 aromatic carbocycles. The van der Waals surface area contributed by atoms with Gasteiger partial charge in [0.25, 0.3) is 0 Å². The second-order valence-electron chi connectivity index (χ2n) is 4.52. The molecular weight excluding hydrogens is 248 g/mol. The summed E-state index contributed by atoms with van der Waals surface area (Å²) in [6.07, 6.45) is 3.11. The molecule has 1 unspecified atom stereocenters. The lowest BCUT2D eigenvalue weighted by Gasteiger charge is -2.25. The summed E-state index contributed by atoms with van der Waals surface area (Å²) in [4.78, 5) is 12.5. The Morgan fingerprint density at radius 2 is 2.22 bits per heavy atom. The molecule has 1 atom stereocenters. The summed E-state index contributed by atoms with van der Waals surface area (Å²) >= 11 is 4.98. The van der Waals surface area contributed by atoms with Crippen LogP contribution in [0.4, 0.5) is 5.69 Å². The van der Waals surface area contributed by atoms with Gasteiger partial charge in [-0.25, -0.2) is 0 Å². The topological polar surface area (TPSA) is 72.9 Å². The lowest BCUT2D eigenvalue weighted by Crippen LogP contribution is -2.43. The minimum Gasteiger partial charge on any atom is -0.392 e. The van der Waals surface area contributed by atoms with Crippen LogP contribution in [0.3, 0.4) is 0 Å². The molecule has 0 saturated carbocycles.